The van der Waals surface area contributed by atoms with Crippen LogP contribution in [-0.2, 0) is 33.4 Å². The van der Waals surface area contributed by atoms with E-state index in [-0.39, 0.29) is 43.7 Å². The molecule has 0 aliphatic heterocycles. The molecule has 222 valence electrons. The molecule has 0 aliphatic rings. The van der Waals surface area contributed by atoms with Gasteiger partial charge < -0.3 is 30.7 Å². The van der Waals surface area contributed by atoms with Crippen LogP contribution in [-0.4, -0.2) is 83.8 Å². The van der Waals surface area contributed by atoms with Gasteiger partial charge in [-0.25, -0.2) is 4.39 Å². The summed E-state index contributed by atoms with van der Waals surface area (Å²) < 4.78 is 15.1. The molecule has 2 aromatic carbocycles. The van der Waals surface area contributed by atoms with E-state index >= 15 is 4.39 Å². The van der Waals surface area contributed by atoms with E-state index in [0.717, 1.165) is 12.1 Å². The Morgan fingerprint density at radius 2 is 1.90 bits per heavy atom. The van der Waals surface area contributed by atoms with Crippen LogP contribution in [0, 0.1) is 18.7 Å². The number of aryl methyl sites for hydroxylation is 1. The number of nitrogens with one attached hydrogen (secondary N) is 2. The van der Waals surface area contributed by atoms with Gasteiger partial charge >= 0.3 is 0 Å². The molecule has 2 amide bonds. The first-order valence-electron chi connectivity index (χ1n) is 13.4. The summed E-state index contributed by atoms with van der Waals surface area (Å²) in [4.78, 5) is 38.3. The Kier molecular flexibility index (Phi) is 12.5. The molecule has 0 aromatic heterocycles. The quantitative estimate of drug-likeness (QED) is 0.109. The molecule has 0 aliphatic carbocycles. The molecule has 2 rings (SSSR count). The maximum Gasteiger partial charge on any atom is 0.279 e. The first kappa shape index (κ1) is 33.9. The van der Waals surface area contributed by atoms with Crippen molar-refractivity contribution in [2.75, 3.05) is 32.1 Å². The van der Waals surface area contributed by atoms with Crippen molar-refractivity contribution in [3.63, 3.8) is 0 Å². The number of benzene rings is 2. The molecule has 1 unspecified atom stereocenters. The van der Waals surface area contributed by atoms with Crippen molar-refractivity contribution in [2.45, 2.75) is 58.1 Å². The van der Waals surface area contributed by atoms with Crippen LogP contribution in [0.4, 0.5) is 10.1 Å². The van der Waals surface area contributed by atoms with Gasteiger partial charge in [0.25, 0.3) is 5.91 Å². The summed E-state index contributed by atoms with van der Waals surface area (Å²) >= 11 is 0. The summed E-state index contributed by atoms with van der Waals surface area (Å²) in [5.41, 5.74) is -0.912. The zero-order chi connectivity index (χ0) is 30.8. The van der Waals surface area contributed by atoms with Crippen LogP contribution < -0.4 is 10.6 Å². The monoisotopic (exact) mass is 570 g/mol. The molecule has 41 heavy (non-hydrogen) atoms. The van der Waals surface area contributed by atoms with Gasteiger partial charge in [-0.1, -0.05) is 38.1 Å². The number of anilines is 1. The molecule has 0 saturated heterocycles. The highest BCUT2D eigenvalue weighted by molar-refractivity contribution is 6.29. The van der Waals surface area contributed by atoms with Crippen molar-refractivity contribution < 1.29 is 34.1 Å². The number of hydrogen-bond donors (Lipinski definition) is 5. The van der Waals surface area contributed by atoms with Crippen molar-refractivity contribution in [3.05, 3.63) is 64.5 Å². The number of rotatable bonds is 17. The van der Waals surface area contributed by atoms with E-state index in [4.69, 9.17) is 7.85 Å². The van der Waals surface area contributed by atoms with Gasteiger partial charge in [0, 0.05) is 50.9 Å². The highest BCUT2D eigenvalue weighted by Crippen LogP contribution is 2.36. The topological polar surface area (TPSA) is 142 Å². The minimum absolute atomic E-state index is 0.000247. The maximum absolute atomic E-state index is 15.1. The molecule has 0 heterocycles. The lowest BCUT2D eigenvalue weighted by Gasteiger charge is -2.45. The number of carbonyl (C=O) groups excluding carboxylic acids is 3. The lowest BCUT2D eigenvalue weighted by Crippen LogP contribution is -2.65. The van der Waals surface area contributed by atoms with Crippen molar-refractivity contribution in [2.24, 2.45) is 5.92 Å². The zero-order valence-electron chi connectivity index (χ0n) is 24.1. The molecular weight excluding hydrogens is 530 g/mol. The molecule has 1 atom stereocenters. The van der Waals surface area contributed by atoms with Gasteiger partial charge in [-0.3, -0.25) is 19.4 Å². The van der Waals surface area contributed by atoms with E-state index in [1.807, 2.05) is 4.90 Å². The highest BCUT2D eigenvalue weighted by Gasteiger charge is 2.49. The average molecular weight is 570 g/mol. The van der Waals surface area contributed by atoms with Crippen LogP contribution in [0.5, 0.6) is 0 Å². The maximum atomic E-state index is 15.1. The molecule has 0 fully saturated rings. The van der Waals surface area contributed by atoms with Gasteiger partial charge in [0.05, 0.1) is 17.6 Å². The Morgan fingerprint density at radius 1 is 1.20 bits per heavy atom. The van der Waals surface area contributed by atoms with E-state index in [1.54, 1.807) is 31.2 Å². The number of aliphatic hydroxyl groups excluding tert-OH is 1. The van der Waals surface area contributed by atoms with E-state index in [0.29, 0.717) is 41.3 Å². The molecular formula is C29H40BFN4O6. The van der Waals surface area contributed by atoms with Crippen LogP contribution >= 0.6 is 0 Å². The summed E-state index contributed by atoms with van der Waals surface area (Å²) in [6.45, 7) is 7.36. The second-order valence-corrected chi connectivity index (χ2v) is 10.4. The van der Waals surface area contributed by atoms with Gasteiger partial charge in [-0.05, 0) is 42.5 Å². The number of aldehydes is 1. The third kappa shape index (κ3) is 8.35. The SMILES string of the molecule is [B]C(CCC=O)(C(=O)NC)N(C=O)C(O)(O)c1c(C)cccc1NCc1ccc(CN(CCO)CC(C)C)cc1F. The molecule has 2 aromatic rings. The Morgan fingerprint density at radius 3 is 2.46 bits per heavy atom. The van der Waals surface area contributed by atoms with E-state index in [2.05, 4.69) is 24.5 Å². The fourth-order valence-electron chi connectivity index (χ4n) is 4.84. The van der Waals surface area contributed by atoms with Crippen LogP contribution in [0.25, 0.3) is 0 Å². The predicted molar refractivity (Wildman–Crippen MR) is 154 cm³/mol. The first-order valence-corrected chi connectivity index (χ1v) is 13.4. The Bertz CT molecular complexity index is 1200. The van der Waals surface area contributed by atoms with Gasteiger partial charge in [-0.15, -0.1) is 0 Å². The summed E-state index contributed by atoms with van der Waals surface area (Å²) in [6.07, 6.45) is -0.0718. The Balaban J connectivity index is 2.38. The van der Waals surface area contributed by atoms with E-state index < -0.39 is 23.1 Å². The number of nitrogens with zero attached hydrogens (tertiary/aromatic N) is 2. The zero-order valence-corrected chi connectivity index (χ0v) is 24.1. The standard InChI is InChI=1S/C29H40BFN4O6/c1-20(2)17-34(12-14-37)18-22-9-10-23(24(31)15-22)16-33-25-8-5-7-21(3)26(25)29(40,41)35(19-38)28(30,11-6-13-36)27(39)32-4/h5,7-10,13,15,19-20,33,37,40-41H,6,11-12,14,16-18H2,1-4H3,(H,32,39). The fraction of sp³-hybridized carbons (Fsp3) is 0.483. The molecule has 5 N–H and O–H groups in total. The minimum Gasteiger partial charge on any atom is -0.395 e. The van der Waals surface area contributed by atoms with Gasteiger partial charge in [-0.2, -0.15) is 0 Å². The third-order valence-electron chi connectivity index (χ3n) is 6.78. The fourth-order valence-corrected chi connectivity index (χ4v) is 4.84. The molecule has 0 saturated carbocycles. The first-order chi connectivity index (χ1) is 19.3. The summed E-state index contributed by atoms with van der Waals surface area (Å²) in [5, 5.41) is 37.3. The lowest BCUT2D eigenvalue weighted by atomic mass is 9.71. The Hall–Kier alpha value is -3.32. The number of hydrogen-bond acceptors (Lipinski definition) is 8. The van der Waals surface area contributed by atoms with E-state index in [9.17, 15) is 29.7 Å². The van der Waals surface area contributed by atoms with Crippen LogP contribution in [0.1, 0.15) is 48.9 Å². The van der Waals surface area contributed by atoms with Crippen molar-refractivity contribution >= 4 is 32.1 Å². The van der Waals surface area contributed by atoms with Crippen molar-refractivity contribution in [1.29, 1.82) is 0 Å². The number of halogens is 1. The van der Waals surface area contributed by atoms with Gasteiger partial charge in [0.15, 0.2) is 0 Å². The summed E-state index contributed by atoms with van der Waals surface area (Å²) in [5.74, 6) is -4.09. The molecule has 10 nitrogen and oxygen atoms in total. The van der Waals surface area contributed by atoms with Gasteiger partial charge in [0.1, 0.15) is 19.9 Å². The number of aliphatic hydroxyl groups is 3. The van der Waals surface area contributed by atoms with Crippen LogP contribution in [0.15, 0.2) is 36.4 Å². The molecule has 0 spiro atoms. The van der Waals surface area contributed by atoms with Crippen molar-refractivity contribution in [1.82, 2.24) is 15.1 Å². The second kappa shape index (κ2) is 15.1. The van der Waals surface area contributed by atoms with Crippen LogP contribution in [0.3, 0.4) is 0 Å². The summed E-state index contributed by atoms with van der Waals surface area (Å²) in [6, 6.07) is 9.55. The number of likely N-dealkylation sites (N-methyl/N-ethyl adjacent to an activating group) is 1. The van der Waals surface area contributed by atoms with Crippen molar-refractivity contribution in [3.8, 4) is 0 Å². The van der Waals surface area contributed by atoms with Gasteiger partial charge in [0.2, 0.25) is 12.3 Å². The minimum atomic E-state index is -3.09. The second-order valence-electron chi connectivity index (χ2n) is 10.4. The third-order valence-corrected chi connectivity index (χ3v) is 6.78. The molecule has 12 heteroatoms. The smallest absolute Gasteiger partial charge is 0.279 e. The Labute approximate surface area is 241 Å². The van der Waals surface area contributed by atoms with E-state index in [1.165, 1.54) is 19.2 Å². The normalized spacial score (nSPS) is 13.1. The summed E-state index contributed by atoms with van der Waals surface area (Å²) in [7, 11) is 7.48. The number of amides is 2. The van der Waals surface area contributed by atoms with Crippen LogP contribution in [0.2, 0.25) is 0 Å². The largest absolute Gasteiger partial charge is 0.395 e. The molecule has 0 bridgehead atoms. The highest BCUT2D eigenvalue weighted by atomic mass is 19.1. The lowest BCUT2D eigenvalue weighted by molar-refractivity contribution is -0.275. The predicted octanol–water partition coefficient (Wildman–Crippen LogP) is 1.34. The molecule has 2 radical (unpaired) electrons. The average Bonchev–Trinajstić information content (AvgIpc) is 2.90. The number of carbonyl (C=O) groups is 3.